The lowest BCUT2D eigenvalue weighted by Gasteiger charge is -2.40. The Hall–Kier alpha value is -1.88. The predicted octanol–water partition coefficient (Wildman–Crippen LogP) is 2.48. The molecule has 1 unspecified atom stereocenters. The second-order valence-electron chi connectivity index (χ2n) is 8.71. The van der Waals surface area contributed by atoms with Crippen LogP contribution in [0.15, 0.2) is 24.3 Å². The van der Waals surface area contributed by atoms with Gasteiger partial charge in [0, 0.05) is 51.6 Å². The van der Waals surface area contributed by atoms with Gasteiger partial charge in [0.05, 0.1) is 0 Å². The van der Waals surface area contributed by atoms with E-state index in [2.05, 4.69) is 29.2 Å². The summed E-state index contributed by atoms with van der Waals surface area (Å²) in [6, 6.07) is 9.67. The summed E-state index contributed by atoms with van der Waals surface area (Å²) in [5.41, 5.74) is 2.98. The lowest BCUT2D eigenvalue weighted by molar-refractivity contribution is -0.136. The number of hydrogen-bond donors (Lipinski definition) is 0. The number of rotatable bonds is 5. The van der Waals surface area contributed by atoms with Gasteiger partial charge in [0.25, 0.3) is 0 Å². The smallest absolute Gasteiger partial charge is 0.224 e. The van der Waals surface area contributed by atoms with E-state index < -0.39 is 0 Å². The Morgan fingerprint density at radius 1 is 1.11 bits per heavy atom. The summed E-state index contributed by atoms with van der Waals surface area (Å²) >= 11 is 0. The zero-order valence-corrected chi connectivity index (χ0v) is 17.1. The van der Waals surface area contributed by atoms with Gasteiger partial charge in [-0.2, -0.15) is 0 Å². The maximum Gasteiger partial charge on any atom is 0.224 e. The van der Waals surface area contributed by atoms with E-state index in [1.165, 1.54) is 11.1 Å². The summed E-state index contributed by atoms with van der Waals surface area (Å²) in [6.07, 6.45) is 7.66. The van der Waals surface area contributed by atoms with Gasteiger partial charge in [-0.25, -0.2) is 0 Å². The van der Waals surface area contributed by atoms with E-state index in [0.29, 0.717) is 31.5 Å². The van der Waals surface area contributed by atoms with E-state index in [9.17, 15) is 9.59 Å². The van der Waals surface area contributed by atoms with Gasteiger partial charge in [0.1, 0.15) is 0 Å². The van der Waals surface area contributed by atoms with Crippen molar-refractivity contribution in [3.05, 3.63) is 35.4 Å². The van der Waals surface area contributed by atoms with Gasteiger partial charge in [-0.05, 0) is 56.2 Å². The third-order valence-electron chi connectivity index (χ3n) is 6.93. The van der Waals surface area contributed by atoms with Gasteiger partial charge in [0.15, 0.2) is 0 Å². The van der Waals surface area contributed by atoms with Gasteiger partial charge in [0.2, 0.25) is 11.8 Å². The van der Waals surface area contributed by atoms with Crippen LogP contribution < -0.4 is 0 Å². The summed E-state index contributed by atoms with van der Waals surface area (Å²) in [5, 5.41) is 0. The molecular formula is C23H33N3O2. The van der Waals surface area contributed by atoms with Crippen molar-refractivity contribution < 1.29 is 9.59 Å². The zero-order valence-electron chi connectivity index (χ0n) is 17.1. The van der Waals surface area contributed by atoms with Crippen molar-refractivity contribution in [3.63, 3.8) is 0 Å². The molecule has 0 radical (unpaired) electrons. The van der Waals surface area contributed by atoms with Crippen molar-refractivity contribution >= 4 is 11.8 Å². The van der Waals surface area contributed by atoms with Crippen molar-refractivity contribution in [1.82, 2.24) is 14.7 Å². The van der Waals surface area contributed by atoms with Crippen molar-refractivity contribution in [2.75, 3.05) is 33.2 Å². The molecule has 5 nitrogen and oxygen atoms in total. The van der Waals surface area contributed by atoms with Gasteiger partial charge < -0.3 is 9.80 Å². The minimum Gasteiger partial charge on any atom is -0.342 e. The van der Waals surface area contributed by atoms with Crippen LogP contribution in [0.1, 0.15) is 49.7 Å². The highest BCUT2D eigenvalue weighted by Crippen LogP contribution is 2.28. The van der Waals surface area contributed by atoms with E-state index in [0.717, 1.165) is 58.2 Å². The van der Waals surface area contributed by atoms with Crippen LogP contribution in [-0.4, -0.2) is 71.8 Å². The molecule has 0 aromatic heterocycles. The van der Waals surface area contributed by atoms with Crippen molar-refractivity contribution in [2.45, 2.75) is 63.5 Å². The maximum absolute atomic E-state index is 12.8. The zero-order chi connectivity index (χ0) is 19.5. The first kappa shape index (κ1) is 19.4. The number of likely N-dealkylation sites (tertiary alicyclic amines) is 2. The third-order valence-corrected chi connectivity index (χ3v) is 6.93. The largest absolute Gasteiger partial charge is 0.342 e. The first-order chi connectivity index (χ1) is 13.6. The minimum atomic E-state index is 0.180. The Morgan fingerprint density at radius 3 is 2.57 bits per heavy atom. The molecule has 2 saturated heterocycles. The van der Waals surface area contributed by atoms with E-state index in [4.69, 9.17) is 0 Å². The number of amides is 2. The third kappa shape index (κ3) is 4.24. The Morgan fingerprint density at radius 2 is 1.86 bits per heavy atom. The van der Waals surface area contributed by atoms with Gasteiger partial charge >= 0.3 is 0 Å². The maximum atomic E-state index is 12.8. The number of carbonyl (C=O) groups is 2. The molecule has 0 saturated carbocycles. The van der Waals surface area contributed by atoms with Crippen molar-refractivity contribution in [1.29, 1.82) is 0 Å². The van der Waals surface area contributed by atoms with Gasteiger partial charge in [-0.1, -0.05) is 24.3 Å². The standard InChI is InChI=1S/C23H33N3O2/c1-24(22(27)11-14-25-12-5-4-10-23(25)28)20-9-6-13-26(17-20)21-15-18-7-2-3-8-19(18)16-21/h2-3,7-8,20-21H,4-6,9-17H2,1H3. The molecule has 1 atom stereocenters. The number of likely N-dealkylation sites (N-methyl/N-ethyl adjacent to an activating group) is 1. The molecule has 3 aliphatic rings. The van der Waals surface area contributed by atoms with Gasteiger partial charge in [-0.15, -0.1) is 0 Å². The fraction of sp³-hybridized carbons (Fsp3) is 0.652. The number of fused-ring (bicyclic) bond motifs is 1. The van der Waals surface area contributed by atoms with Crippen LogP contribution in [0.2, 0.25) is 0 Å². The normalized spacial score (nSPS) is 23.7. The molecule has 2 amide bonds. The summed E-state index contributed by atoms with van der Waals surface area (Å²) in [4.78, 5) is 31.2. The Bertz CT molecular complexity index is 695. The van der Waals surface area contributed by atoms with Crippen molar-refractivity contribution in [2.24, 2.45) is 0 Å². The molecular weight excluding hydrogens is 350 g/mol. The summed E-state index contributed by atoms with van der Waals surface area (Å²) in [7, 11) is 1.96. The Labute approximate surface area is 168 Å². The second-order valence-corrected chi connectivity index (χ2v) is 8.71. The molecule has 0 spiro atoms. The number of benzene rings is 1. The van der Waals surface area contributed by atoms with E-state index in [-0.39, 0.29) is 11.8 Å². The SMILES string of the molecule is CN(C(=O)CCN1CCCCC1=O)C1CCCN(C2Cc3ccccc3C2)C1. The lowest BCUT2D eigenvalue weighted by Crippen LogP contribution is -2.52. The molecule has 2 fully saturated rings. The Balaban J connectivity index is 1.29. The highest BCUT2D eigenvalue weighted by Gasteiger charge is 2.32. The molecule has 1 aromatic rings. The van der Waals surface area contributed by atoms with E-state index in [1.807, 2.05) is 16.8 Å². The topological polar surface area (TPSA) is 43.9 Å². The molecule has 4 rings (SSSR count). The molecule has 5 heteroatoms. The minimum absolute atomic E-state index is 0.180. The monoisotopic (exact) mass is 383 g/mol. The molecule has 2 heterocycles. The first-order valence-corrected chi connectivity index (χ1v) is 11.0. The predicted molar refractivity (Wildman–Crippen MR) is 110 cm³/mol. The van der Waals surface area contributed by atoms with Crippen LogP contribution in [0.5, 0.6) is 0 Å². The first-order valence-electron chi connectivity index (χ1n) is 11.0. The van der Waals surface area contributed by atoms with Crippen LogP contribution in [-0.2, 0) is 22.4 Å². The van der Waals surface area contributed by atoms with E-state index in [1.54, 1.807) is 0 Å². The number of nitrogens with zero attached hydrogens (tertiary/aromatic N) is 3. The summed E-state index contributed by atoms with van der Waals surface area (Å²) in [5.74, 6) is 0.395. The van der Waals surface area contributed by atoms with Crippen LogP contribution in [0.25, 0.3) is 0 Å². The quantitative estimate of drug-likeness (QED) is 0.785. The fourth-order valence-corrected chi connectivity index (χ4v) is 5.13. The van der Waals surface area contributed by atoms with Gasteiger partial charge in [-0.3, -0.25) is 14.5 Å². The Kier molecular flexibility index (Phi) is 6.00. The van der Waals surface area contributed by atoms with E-state index >= 15 is 0 Å². The van der Waals surface area contributed by atoms with Crippen LogP contribution in [0.3, 0.4) is 0 Å². The highest BCUT2D eigenvalue weighted by atomic mass is 16.2. The van der Waals surface area contributed by atoms with Crippen LogP contribution >= 0.6 is 0 Å². The lowest BCUT2D eigenvalue weighted by atomic mass is 10.0. The summed E-state index contributed by atoms with van der Waals surface area (Å²) < 4.78 is 0. The van der Waals surface area contributed by atoms with Crippen molar-refractivity contribution in [3.8, 4) is 0 Å². The molecule has 0 N–H and O–H groups in total. The number of hydrogen-bond acceptors (Lipinski definition) is 3. The van der Waals surface area contributed by atoms with Crippen LogP contribution in [0.4, 0.5) is 0 Å². The molecule has 152 valence electrons. The molecule has 2 aliphatic heterocycles. The average molecular weight is 384 g/mol. The van der Waals surface area contributed by atoms with Crippen LogP contribution in [0, 0.1) is 0 Å². The second kappa shape index (κ2) is 8.64. The number of piperidine rings is 2. The molecule has 1 aliphatic carbocycles. The number of carbonyl (C=O) groups excluding carboxylic acids is 2. The molecule has 0 bridgehead atoms. The molecule has 28 heavy (non-hydrogen) atoms. The fourth-order valence-electron chi connectivity index (χ4n) is 5.13. The highest BCUT2D eigenvalue weighted by molar-refractivity contribution is 5.79. The summed E-state index contributed by atoms with van der Waals surface area (Å²) in [6.45, 7) is 3.51. The molecule has 1 aromatic carbocycles. The average Bonchev–Trinajstić information content (AvgIpc) is 3.17.